The van der Waals surface area contributed by atoms with Crippen LogP contribution in [0.2, 0.25) is 0 Å². The second-order valence-electron chi connectivity index (χ2n) is 6.56. The summed E-state index contributed by atoms with van der Waals surface area (Å²) in [6.07, 6.45) is 5.28. The van der Waals surface area contributed by atoms with Crippen molar-refractivity contribution < 1.29 is 9.53 Å². The van der Waals surface area contributed by atoms with Crippen LogP contribution in [0.1, 0.15) is 36.7 Å². The number of aryl methyl sites for hydroxylation is 1. The van der Waals surface area contributed by atoms with Gasteiger partial charge in [-0.3, -0.25) is 14.4 Å². The van der Waals surface area contributed by atoms with Crippen LogP contribution in [0.4, 0.5) is 0 Å². The Balaban J connectivity index is 1.52. The van der Waals surface area contributed by atoms with Crippen molar-refractivity contribution >= 4 is 5.91 Å². The maximum Gasteiger partial charge on any atom is 0.274 e. The lowest BCUT2D eigenvalue weighted by Gasteiger charge is -2.30. The standard InChI is InChI=1S/C17H28N4O2/c1-2-21-9-6-16(18-21)17(22)20-7-3-4-15(5-8-20)14-19-10-12-23-13-11-19/h6,9,15H,2-5,7-8,10-14H2,1H3/t15-/m0/s1. The molecule has 2 fully saturated rings. The number of morpholine rings is 1. The Morgan fingerprint density at radius 2 is 2.09 bits per heavy atom. The number of amides is 1. The molecule has 0 saturated carbocycles. The van der Waals surface area contributed by atoms with Gasteiger partial charge in [0.05, 0.1) is 13.2 Å². The van der Waals surface area contributed by atoms with E-state index >= 15 is 0 Å². The van der Waals surface area contributed by atoms with Crippen LogP contribution in [0.5, 0.6) is 0 Å². The molecule has 6 heteroatoms. The third kappa shape index (κ3) is 4.32. The molecular formula is C17H28N4O2. The van der Waals surface area contributed by atoms with Crippen LogP contribution < -0.4 is 0 Å². The van der Waals surface area contributed by atoms with Crippen molar-refractivity contribution in [2.75, 3.05) is 45.9 Å². The van der Waals surface area contributed by atoms with Gasteiger partial charge in [0, 0.05) is 45.5 Å². The number of aromatic nitrogens is 2. The molecule has 3 heterocycles. The van der Waals surface area contributed by atoms with Crippen molar-refractivity contribution in [1.82, 2.24) is 19.6 Å². The highest BCUT2D eigenvalue weighted by molar-refractivity contribution is 5.92. The summed E-state index contributed by atoms with van der Waals surface area (Å²) in [6, 6.07) is 1.84. The zero-order valence-electron chi connectivity index (χ0n) is 14.1. The lowest BCUT2D eigenvalue weighted by Crippen LogP contribution is -2.39. The highest BCUT2D eigenvalue weighted by Crippen LogP contribution is 2.20. The minimum atomic E-state index is 0.0872. The van der Waals surface area contributed by atoms with Crippen LogP contribution in [0.15, 0.2) is 12.3 Å². The van der Waals surface area contributed by atoms with Crippen LogP contribution >= 0.6 is 0 Å². The fourth-order valence-corrected chi connectivity index (χ4v) is 3.51. The normalized spacial score (nSPS) is 23.7. The summed E-state index contributed by atoms with van der Waals surface area (Å²) in [5.41, 5.74) is 0.582. The Hall–Kier alpha value is -1.40. The van der Waals surface area contributed by atoms with Crippen molar-refractivity contribution in [3.05, 3.63) is 18.0 Å². The molecule has 1 aromatic heterocycles. The van der Waals surface area contributed by atoms with E-state index in [0.29, 0.717) is 11.6 Å². The Morgan fingerprint density at radius 1 is 1.26 bits per heavy atom. The number of carbonyl (C=O) groups is 1. The minimum Gasteiger partial charge on any atom is -0.379 e. The highest BCUT2D eigenvalue weighted by atomic mass is 16.5. The van der Waals surface area contributed by atoms with Crippen LogP contribution in [0.3, 0.4) is 0 Å². The summed E-state index contributed by atoms with van der Waals surface area (Å²) in [4.78, 5) is 17.1. The third-order valence-electron chi connectivity index (χ3n) is 4.94. The van der Waals surface area contributed by atoms with Crippen LogP contribution in [-0.4, -0.2) is 71.4 Å². The molecule has 2 aliphatic rings. The van der Waals surface area contributed by atoms with Gasteiger partial charge in [-0.1, -0.05) is 0 Å². The van der Waals surface area contributed by atoms with Gasteiger partial charge in [-0.15, -0.1) is 0 Å². The number of nitrogens with zero attached hydrogens (tertiary/aromatic N) is 4. The zero-order valence-corrected chi connectivity index (χ0v) is 14.1. The van der Waals surface area contributed by atoms with E-state index in [1.165, 1.54) is 6.42 Å². The predicted octanol–water partition coefficient (Wildman–Crippen LogP) is 1.48. The van der Waals surface area contributed by atoms with Crippen molar-refractivity contribution in [3.8, 4) is 0 Å². The second-order valence-corrected chi connectivity index (χ2v) is 6.56. The number of carbonyl (C=O) groups excluding carboxylic acids is 1. The molecule has 6 nitrogen and oxygen atoms in total. The average molecular weight is 320 g/mol. The van der Waals surface area contributed by atoms with Crippen LogP contribution in [0, 0.1) is 5.92 Å². The number of ether oxygens (including phenoxy) is 1. The molecule has 0 bridgehead atoms. The minimum absolute atomic E-state index is 0.0872. The van der Waals surface area contributed by atoms with Crippen molar-refractivity contribution in [2.45, 2.75) is 32.7 Å². The average Bonchev–Trinajstić information content (AvgIpc) is 2.95. The van der Waals surface area contributed by atoms with Gasteiger partial charge in [0.25, 0.3) is 5.91 Å². The molecule has 0 spiro atoms. The summed E-state index contributed by atoms with van der Waals surface area (Å²) in [6.45, 7) is 9.51. The summed E-state index contributed by atoms with van der Waals surface area (Å²) in [5.74, 6) is 0.781. The largest absolute Gasteiger partial charge is 0.379 e. The van der Waals surface area contributed by atoms with Gasteiger partial charge in [0.1, 0.15) is 5.69 Å². The zero-order chi connectivity index (χ0) is 16.1. The molecular weight excluding hydrogens is 292 g/mol. The van der Waals surface area contributed by atoms with Crippen molar-refractivity contribution in [3.63, 3.8) is 0 Å². The molecule has 23 heavy (non-hydrogen) atoms. The molecule has 1 aromatic rings. The molecule has 1 atom stereocenters. The van der Waals surface area contributed by atoms with E-state index in [9.17, 15) is 4.79 Å². The first-order chi connectivity index (χ1) is 11.3. The Labute approximate surface area is 138 Å². The van der Waals surface area contributed by atoms with Gasteiger partial charge in [-0.05, 0) is 38.2 Å². The second kappa shape index (κ2) is 7.93. The number of rotatable bonds is 4. The van der Waals surface area contributed by atoms with Gasteiger partial charge in [0.15, 0.2) is 0 Å². The van der Waals surface area contributed by atoms with Gasteiger partial charge < -0.3 is 9.64 Å². The summed E-state index contributed by atoms with van der Waals surface area (Å²) in [7, 11) is 0. The molecule has 0 aromatic carbocycles. The molecule has 3 rings (SSSR count). The van der Waals surface area contributed by atoms with E-state index in [0.717, 1.165) is 65.3 Å². The fourth-order valence-electron chi connectivity index (χ4n) is 3.51. The maximum absolute atomic E-state index is 12.6. The Bertz CT molecular complexity index is 510. The molecule has 0 unspecified atom stereocenters. The third-order valence-corrected chi connectivity index (χ3v) is 4.94. The number of hydrogen-bond donors (Lipinski definition) is 0. The summed E-state index contributed by atoms with van der Waals surface area (Å²) >= 11 is 0. The van der Waals surface area contributed by atoms with Gasteiger partial charge in [-0.25, -0.2) is 0 Å². The molecule has 128 valence electrons. The topological polar surface area (TPSA) is 50.6 Å². The SMILES string of the molecule is CCn1ccc(C(=O)N2CCC[C@H](CN3CCOCC3)CC2)n1. The Kier molecular flexibility index (Phi) is 5.67. The quantitative estimate of drug-likeness (QED) is 0.843. The van der Waals surface area contributed by atoms with E-state index in [1.54, 1.807) is 0 Å². The van der Waals surface area contributed by atoms with E-state index < -0.39 is 0 Å². The lowest BCUT2D eigenvalue weighted by molar-refractivity contribution is 0.0296. The first-order valence-electron chi connectivity index (χ1n) is 8.89. The van der Waals surface area contributed by atoms with E-state index in [1.807, 2.05) is 28.8 Å². The van der Waals surface area contributed by atoms with E-state index in [4.69, 9.17) is 4.74 Å². The van der Waals surface area contributed by atoms with Crippen molar-refractivity contribution in [1.29, 1.82) is 0 Å². The molecule has 2 saturated heterocycles. The van der Waals surface area contributed by atoms with Gasteiger partial charge >= 0.3 is 0 Å². The molecule has 1 amide bonds. The van der Waals surface area contributed by atoms with Crippen molar-refractivity contribution in [2.24, 2.45) is 5.92 Å². The van der Waals surface area contributed by atoms with Gasteiger partial charge in [0.2, 0.25) is 0 Å². The first kappa shape index (κ1) is 16.5. The summed E-state index contributed by atoms with van der Waals surface area (Å²) < 4.78 is 7.23. The highest BCUT2D eigenvalue weighted by Gasteiger charge is 2.24. The monoisotopic (exact) mass is 320 g/mol. The number of hydrogen-bond acceptors (Lipinski definition) is 4. The smallest absolute Gasteiger partial charge is 0.274 e. The van der Waals surface area contributed by atoms with E-state index in [-0.39, 0.29) is 5.91 Å². The molecule has 0 aliphatic carbocycles. The maximum atomic E-state index is 12.6. The first-order valence-corrected chi connectivity index (χ1v) is 8.89. The summed E-state index contributed by atoms with van der Waals surface area (Å²) in [5, 5.41) is 4.35. The fraction of sp³-hybridized carbons (Fsp3) is 0.765. The molecule has 0 radical (unpaired) electrons. The van der Waals surface area contributed by atoms with Crippen LogP contribution in [-0.2, 0) is 11.3 Å². The molecule has 0 N–H and O–H groups in total. The van der Waals surface area contributed by atoms with E-state index in [2.05, 4.69) is 10.00 Å². The van der Waals surface area contributed by atoms with Gasteiger partial charge in [-0.2, -0.15) is 5.10 Å². The molecule has 2 aliphatic heterocycles. The van der Waals surface area contributed by atoms with Crippen LogP contribution in [0.25, 0.3) is 0 Å². The predicted molar refractivity (Wildman–Crippen MR) is 88.4 cm³/mol. The Morgan fingerprint density at radius 3 is 2.83 bits per heavy atom. The number of likely N-dealkylation sites (tertiary alicyclic amines) is 1. The lowest BCUT2D eigenvalue weighted by atomic mass is 10.00.